The normalized spacial score (nSPS) is 16.6. The average molecular weight is 356 g/mol. The van der Waals surface area contributed by atoms with E-state index < -0.39 is 0 Å². The van der Waals surface area contributed by atoms with Crippen LogP contribution < -0.4 is 4.74 Å². The second-order valence-electron chi connectivity index (χ2n) is 7.07. The van der Waals surface area contributed by atoms with Gasteiger partial charge in [-0.3, -0.25) is 4.90 Å². The second kappa shape index (κ2) is 7.03. The van der Waals surface area contributed by atoms with Gasteiger partial charge in [0.25, 0.3) is 0 Å². The fourth-order valence-corrected chi connectivity index (χ4v) is 3.36. The molecule has 0 aromatic carbocycles. The van der Waals surface area contributed by atoms with Gasteiger partial charge in [-0.1, -0.05) is 13.8 Å². The maximum absolute atomic E-state index is 5.83. The maximum Gasteiger partial charge on any atom is 0.231 e. The number of fused-ring (bicyclic) bond motifs is 1. The number of methoxy groups -OCH3 is 1. The molecule has 4 heterocycles. The highest BCUT2D eigenvalue weighted by Gasteiger charge is 2.26. The van der Waals surface area contributed by atoms with Crippen molar-refractivity contribution in [3.05, 3.63) is 35.8 Å². The third kappa shape index (κ3) is 3.29. The van der Waals surface area contributed by atoms with Gasteiger partial charge in [-0.15, -0.1) is 15.3 Å². The SMILES string of the molecule is COc1ccc2nnc(C3CCN(Cc4ncc(C(C)C)o4)CC3)n2n1. The summed E-state index contributed by atoms with van der Waals surface area (Å²) in [4.78, 5) is 6.78. The molecule has 0 spiro atoms. The number of piperidine rings is 1. The molecule has 3 aromatic heterocycles. The van der Waals surface area contributed by atoms with E-state index in [0.29, 0.717) is 17.7 Å². The lowest BCUT2D eigenvalue weighted by atomic mass is 9.96. The van der Waals surface area contributed by atoms with Crippen molar-refractivity contribution < 1.29 is 9.15 Å². The van der Waals surface area contributed by atoms with E-state index in [-0.39, 0.29) is 0 Å². The van der Waals surface area contributed by atoms with Crippen LogP contribution in [0.4, 0.5) is 0 Å². The van der Waals surface area contributed by atoms with Crippen LogP contribution in [-0.2, 0) is 6.54 Å². The zero-order chi connectivity index (χ0) is 18.1. The standard InChI is InChI=1S/C18H24N6O2/c1-12(2)14-10-19-17(26-14)11-23-8-6-13(7-9-23)18-21-20-15-4-5-16(25-3)22-24(15)18/h4-5,10,12-13H,6-9,11H2,1-3H3. The quantitative estimate of drug-likeness (QED) is 0.695. The summed E-state index contributed by atoms with van der Waals surface area (Å²) in [6.07, 6.45) is 3.86. The van der Waals surface area contributed by atoms with Crippen molar-refractivity contribution in [2.75, 3.05) is 20.2 Å². The summed E-state index contributed by atoms with van der Waals surface area (Å²) in [5, 5.41) is 13.1. The number of hydrogen-bond acceptors (Lipinski definition) is 7. The first-order chi connectivity index (χ1) is 12.6. The van der Waals surface area contributed by atoms with Gasteiger partial charge in [0.15, 0.2) is 11.5 Å². The van der Waals surface area contributed by atoms with Crippen molar-refractivity contribution >= 4 is 5.65 Å². The molecule has 8 heteroatoms. The van der Waals surface area contributed by atoms with Gasteiger partial charge in [0.1, 0.15) is 5.76 Å². The van der Waals surface area contributed by atoms with E-state index in [1.54, 1.807) is 13.2 Å². The summed E-state index contributed by atoms with van der Waals surface area (Å²) in [7, 11) is 1.62. The summed E-state index contributed by atoms with van der Waals surface area (Å²) >= 11 is 0. The van der Waals surface area contributed by atoms with E-state index in [1.807, 2.05) is 16.8 Å². The molecule has 0 aliphatic carbocycles. The molecule has 3 aromatic rings. The smallest absolute Gasteiger partial charge is 0.231 e. The highest BCUT2D eigenvalue weighted by molar-refractivity contribution is 5.38. The van der Waals surface area contributed by atoms with Gasteiger partial charge >= 0.3 is 0 Å². The Balaban J connectivity index is 1.42. The zero-order valence-electron chi connectivity index (χ0n) is 15.4. The third-order valence-electron chi connectivity index (χ3n) is 4.92. The minimum absolute atomic E-state index is 0.344. The van der Waals surface area contributed by atoms with Crippen LogP contribution in [0, 0.1) is 0 Å². The molecule has 26 heavy (non-hydrogen) atoms. The highest BCUT2D eigenvalue weighted by atomic mass is 16.5. The van der Waals surface area contributed by atoms with Crippen LogP contribution in [0.3, 0.4) is 0 Å². The molecule has 0 bridgehead atoms. The van der Waals surface area contributed by atoms with E-state index in [2.05, 4.69) is 39.0 Å². The fourth-order valence-electron chi connectivity index (χ4n) is 3.36. The molecule has 1 aliphatic heterocycles. The van der Waals surface area contributed by atoms with Gasteiger partial charge in [-0.2, -0.15) is 4.52 Å². The molecule has 0 saturated carbocycles. The van der Waals surface area contributed by atoms with Gasteiger partial charge in [0.05, 0.1) is 19.9 Å². The van der Waals surface area contributed by atoms with Crippen LogP contribution in [-0.4, -0.2) is 49.9 Å². The molecular formula is C18H24N6O2. The number of likely N-dealkylation sites (tertiary alicyclic amines) is 1. The lowest BCUT2D eigenvalue weighted by Gasteiger charge is -2.29. The first-order valence-electron chi connectivity index (χ1n) is 9.07. The summed E-state index contributed by atoms with van der Waals surface area (Å²) in [5.41, 5.74) is 0.754. The Morgan fingerprint density at radius 2 is 2.04 bits per heavy atom. The molecule has 0 unspecified atom stereocenters. The Morgan fingerprint density at radius 1 is 1.23 bits per heavy atom. The van der Waals surface area contributed by atoms with Gasteiger partial charge in [0, 0.05) is 17.9 Å². The van der Waals surface area contributed by atoms with Crippen molar-refractivity contribution in [3.8, 4) is 5.88 Å². The lowest BCUT2D eigenvalue weighted by Crippen LogP contribution is -2.33. The summed E-state index contributed by atoms with van der Waals surface area (Å²) in [5.74, 6) is 3.94. The van der Waals surface area contributed by atoms with Crippen LogP contribution in [0.25, 0.3) is 5.65 Å². The Labute approximate surface area is 152 Å². The monoisotopic (exact) mass is 356 g/mol. The Kier molecular flexibility index (Phi) is 4.58. The molecule has 1 saturated heterocycles. The molecule has 0 atom stereocenters. The first-order valence-corrected chi connectivity index (χ1v) is 9.07. The minimum atomic E-state index is 0.344. The largest absolute Gasteiger partial charge is 0.480 e. The number of hydrogen-bond donors (Lipinski definition) is 0. The highest BCUT2D eigenvalue weighted by Crippen LogP contribution is 2.28. The fraction of sp³-hybridized carbons (Fsp3) is 0.556. The third-order valence-corrected chi connectivity index (χ3v) is 4.92. The molecule has 0 radical (unpaired) electrons. The number of ether oxygens (including phenoxy) is 1. The topological polar surface area (TPSA) is 81.6 Å². The summed E-state index contributed by atoms with van der Waals surface area (Å²) in [6.45, 7) is 6.93. The van der Waals surface area contributed by atoms with E-state index >= 15 is 0 Å². The lowest BCUT2D eigenvalue weighted by molar-refractivity contribution is 0.183. The van der Waals surface area contributed by atoms with Crippen molar-refractivity contribution in [3.63, 3.8) is 0 Å². The van der Waals surface area contributed by atoms with E-state index in [0.717, 1.165) is 55.6 Å². The van der Waals surface area contributed by atoms with E-state index in [4.69, 9.17) is 9.15 Å². The maximum atomic E-state index is 5.83. The van der Waals surface area contributed by atoms with Crippen LogP contribution >= 0.6 is 0 Å². The molecule has 8 nitrogen and oxygen atoms in total. The number of nitrogens with zero attached hydrogens (tertiary/aromatic N) is 6. The van der Waals surface area contributed by atoms with Crippen LogP contribution in [0.5, 0.6) is 5.88 Å². The van der Waals surface area contributed by atoms with Crippen molar-refractivity contribution in [2.24, 2.45) is 0 Å². The average Bonchev–Trinajstić information content (AvgIpc) is 3.29. The van der Waals surface area contributed by atoms with Gasteiger partial charge in [0.2, 0.25) is 11.8 Å². The molecule has 0 amide bonds. The van der Waals surface area contributed by atoms with Crippen molar-refractivity contribution in [1.82, 2.24) is 29.7 Å². The molecule has 1 fully saturated rings. The van der Waals surface area contributed by atoms with Gasteiger partial charge in [-0.25, -0.2) is 4.98 Å². The Morgan fingerprint density at radius 3 is 2.73 bits per heavy atom. The number of oxazole rings is 1. The van der Waals surface area contributed by atoms with Gasteiger partial charge < -0.3 is 9.15 Å². The molecular weight excluding hydrogens is 332 g/mol. The van der Waals surface area contributed by atoms with Crippen molar-refractivity contribution in [2.45, 2.75) is 45.1 Å². The number of aromatic nitrogens is 5. The second-order valence-corrected chi connectivity index (χ2v) is 7.07. The predicted octanol–water partition coefficient (Wildman–Crippen LogP) is 2.62. The number of rotatable bonds is 5. The van der Waals surface area contributed by atoms with E-state index in [1.165, 1.54) is 0 Å². The van der Waals surface area contributed by atoms with Gasteiger partial charge in [-0.05, 0) is 32.0 Å². The van der Waals surface area contributed by atoms with Crippen LogP contribution in [0.15, 0.2) is 22.7 Å². The summed E-state index contributed by atoms with van der Waals surface area (Å²) in [6, 6.07) is 3.69. The molecule has 4 rings (SSSR count). The molecule has 1 aliphatic rings. The predicted molar refractivity (Wildman–Crippen MR) is 95.2 cm³/mol. The molecule has 138 valence electrons. The first kappa shape index (κ1) is 17.0. The Bertz CT molecular complexity index is 879. The van der Waals surface area contributed by atoms with Crippen LogP contribution in [0.2, 0.25) is 0 Å². The van der Waals surface area contributed by atoms with E-state index in [9.17, 15) is 0 Å². The van der Waals surface area contributed by atoms with Crippen LogP contribution in [0.1, 0.15) is 56.0 Å². The zero-order valence-corrected chi connectivity index (χ0v) is 15.4. The minimum Gasteiger partial charge on any atom is -0.480 e. The summed E-state index contributed by atoms with van der Waals surface area (Å²) < 4.78 is 12.9. The Hall–Kier alpha value is -2.48. The van der Waals surface area contributed by atoms with Crippen molar-refractivity contribution in [1.29, 1.82) is 0 Å². The molecule has 0 N–H and O–H groups in total.